The zero-order valence-electron chi connectivity index (χ0n) is 15.3. The minimum Gasteiger partial charge on any atom is -0.504 e. The fourth-order valence-corrected chi connectivity index (χ4v) is 2.70. The largest absolute Gasteiger partial charge is 0.504 e. The van der Waals surface area contributed by atoms with Gasteiger partial charge in [-0.1, -0.05) is 6.07 Å². The zero-order valence-corrected chi connectivity index (χ0v) is 15.3. The normalized spacial score (nSPS) is 15.6. The lowest BCUT2D eigenvalue weighted by Gasteiger charge is -2.26. The van der Waals surface area contributed by atoms with Crippen LogP contribution >= 0.6 is 0 Å². The number of hydrogen-bond donors (Lipinski definition) is 2. The van der Waals surface area contributed by atoms with Crippen LogP contribution < -0.4 is 19.7 Å². The van der Waals surface area contributed by atoms with Crippen molar-refractivity contribution in [1.82, 2.24) is 5.32 Å². The summed E-state index contributed by atoms with van der Waals surface area (Å²) in [4.78, 5) is 38.2. The number of aromatic hydroxyl groups is 1. The van der Waals surface area contributed by atoms with E-state index in [9.17, 15) is 19.5 Å². The molecule has 2 N–H and O–H groups in total. The highest BCUT2D eigenvalue weighted by atomic mass is 16.5. The summed E-state index contributed by atoms with van der Waals surface area (Å²) >= 11 is 0. The summed E-state index contributed by atoms with van der Waals surface area (Å²) in [5, 5.41) is 11.8. The first kappa shape index (κ1) is 19.0. The lowest BCUT2D eigenvalue weighted by atomic mass is 10.1. The molecule has 144 valence electrons. The number of rotatable bonds is 5. The Hall–Kier alpha value is -3.81. The van der Waals surface area contributed by atoms with Crippen molar-refractivity contribution >= 4 is 29.6 Å². The topological polar surface area (TPSA) is 105 Å². The Morgan fingerprint density at radius 3 is 2.46 bits per heavy atom. The molecule has 1 aliphatic heterocycles. The molecule has 0 aliphatic carbocycles. The van der Waals surface area contributed by atoms with Crippen molar-refractivity contribution in [2.75, 3.05) is 18.6 Å². The number of methoxy groups -OCH3 is 1. The fourth-order valence-electron chi connectivity index (χ4n) is 2.70. The molecule has 2 aromatic rings. The van der Waals surface area contributed by atoms with Gasteiger partial charge in [-0.05, 0) is 55.0 Å². The number of barbiturate groups is 1. The molecule has 8 heteroatoms. The van der Waals surface area contributed by atoms with Crippen molar-refractivity contribution in [1.29, 1.82) is 0 Å². The number of ether oxygens (including phenoxy) is 2. The van der Waals surface area contributed by atoms with Gasteiger partial charge in [-0.2, -0.15) is 0 Å². The van der Waals surface area contributed by atoms with Crippen molar-refractivity contribution in [3.8, 4) is 17.2 Å². The van der Waals surface area contributed by atoms with E-state index in [2.05, 4.69) is 5.32 Å². The van der Waals surface area contributed by atoms with Gasteiger partial charge in [0.25, 0.3) is 11.8 Å². The van der Waals surface area contributed by atoms with Gasteiger partial charge in [0, 0.05) is 0 Å². The molecular weight excluding hydrogens is 364 g/mol. The summed E-state index contributed by atoms with van der Waals surface area (Å²) in [5.74, 6) is -0.846. The van der Waals surface area contributed by atoms with E-state index in [-0.39, 0.29) is 17.1 Å². The number of nitrogens with zero attached hydrogens (tertiary/aromatic N) is 1. The summed E-state index contributed by atoms with van der Waals surface area (Å²) in [5.41, 5.74) is 0.531. The second kappa shape index (κ2) is 7.83. The number of carbonyl (C=O) groups is 3. The van der Waals surface area contributed by atoms with Crippen LogP contribution in [0.25, 0.3) is 6.08 Å². The third-order valence-corrected chi connectivity index (χ3v) is 4.02. The molecule has 0 spiro atoms. The van der Waals surface area contributed by atoms with E-state index in [1.807, 2.05) is 6.92 Å². The van der Waals surface area contributed by atoms with Gasteiger partial charge in [0.05, 0.1) is 19.4 Å². The fraction of sp³-hybridized carbons (Fsp3) is 0.150. The van der Waals surface area contributed by atoms with Gasteiger partial charge in [-0.15, -0.1) is 0 Å². The second-order valence-electron chi connectivity index (χ2n) is 5.82. The maximum absolute atomic E-state index is 12.8. The Bertz CT molecular complexity index is 965. The first-order valence-corrected chi connectivity index (χ1v) is 8.46. The van der Waals surface area contributed by atoms with Crippen LogP contribution in [0.1, 0.15) is 12.5 Å². The van der Waals surface area contributed by atoms with Gasteiger partial charge in [0.1, 0.15) is 11.3 Å². The minimum absolute atomic E-state index is 0.0738. The Kier molecular flexibility index (Phi) is 5.30. The van der Waals surface area contributed by atoms with E-state index >= 15 is 0 Å². The number of urea groups is 1. The number of nitrogens with one attached hydrogen (secondary N) is 1. The van der Waals surface area contributed by atoms with Crippen molar-refractivity contribution in [2.24, 2.45) is 0 Å². The van der Waals surface area contributed by atoms with Gasteiger partial charge >= 0.3 is 6.03 Å². The van der Waals surface area contributed by atoms with E-state index in [4.69, 9.17) is 9.47 Å². The third kappa shape index (κ3) is 3.66. The maximum atomic E-state index is 12.8. The standard InChI is InChI=1S/C20H18N2O6/c1-3-28-14-7-5-13(6-8-14)22-19(25)15(18(24)21-20(22)26)10-12-4-9-16(23)17(11-12)27-2/h4-11,23H,3H2,1-2H3,(H,21,24,26)/b15-10-. The molecule has 0 unspecified atom stereocenters. The van der Waals surface area contributed by atoms with E-state index in [1.165, 1.54) is 31.4 Å². The summed E-state index contributed by atoms with van der Waals surface area (Å²) in [6, 6.07) is 9.90. The van der Waals surface area contributed by atoms with E-state index in [0.29, 0.717) is 23.6 Å². The average molecular weight is 382 g/mol. The molecule has 3 rings (SSSR count). The van der Waals surface area contributed by atoms with Crippen molar-refractivity contribution < 1.29 is 29.0 Å². The first-order chi connectivity index (χ1) is 13.4. The molecule has 4 amide bonds. The highest BCUT2D eigenvalue weighted by molar-refractivity contribution is 6.39. The molecule has 1 fully saturated rings. The third-order valence-electron chi connectivity index (χ3n) is 4.02. The average Bonchev–Trinajstić information content (AvgIpc) is 2.67. The number of amides is 4. The molecule has 0 bridgehead atoms. The van der Waals surface area contributed by atoms with E-state index in [1.54, 1.807) is 24.3 Å². The van der Waals surface area contributed by atoms with Crippen LogP contribution in [0.15, 0.2) is 48.0 Å². The molecule has 1 heterocycles. The number of phenolic OH excluding ortho intramolecular Hbond substituents is 1. The summed E-state index contributed by atoms with van der Waals surface area (Å²) in [6.07, 6.45) is 1.33. The smallest absolute Gasteiger partial charge is 0.335 e. The van der Waals surface area contributed by atoms with Crippen LogP contribution in [-0.4, -0.2) is 36.7 Å². The number of anilines is 1. The highest BCUT2D eigenvalue weighted by Crippen LogP contribution is 2.28. The Morgan fingerprint density at radius 2 is 1.82 bits per heavy atom. The summed E-state index contributed by atoms with van der Waals surface area (Å²) in [6.45, 7) is 2.33. The molecule has 0 radical (unpaired) electrons. The van der Waals surface area contributed by atoms with Crippen LogP contribution in [0.3, 0.4) is 0 Å². The summed E-state index contributed by atoms with van der Waals surface area (Å²) < 4.78 is 10.4. The number of phenols is 1. The number of benzene rings is 2. The summed E-state index contributed by atoms with van der Waals surface area (Å²) in [7, 11) is 1.39. The SMILES string of the molecule is CCOc1ccc(N2C(=O)NC(=O)/C(=C/c3ccc(O)c(OC)c3)C2=O)cc1. The van der Waals surface area contributed by atoms with Crippen molar-refractivity contribution in [2.45, 2.75) is 6.92 Å². The van der Waals surface area contributed by atoms with Gasteiger partial charge in [0.2, 0.25) is 0 Å². The lowest BCUT2D eigenvalue weighted by molar-refractivity contribution is -0.122. The molecule has 0 saturated carbocycles. The molecule has 1 saturated heterocycles. The quantitative estimate of drug-likeness (QED) is 0.608. The molecule has 2 aromatic carbocycles. The zero-order chi connectivity index (χ0) is 20.3. The van der Waals surface area contributed by atoms with E-state index in [0.717, 1.165) is 4.90 Å². The molecular formula is C20H18N2O6. The van der Waals surface area contributed by atoms with Crippen molar-refractivity contribution in [3.05, 3.63) is 53.6 Å². The number of carbonyl (C=O) groups excluding carboxylic acids is 3. The second-order valence-corrected chi connectivity index (χ2v) is 5.82. The Labute approximate surface area is 161 Å². The van der Waals surface area contributed by atoms with Crippen LogP contribution in [0.4, 0.5) is 10.5 Å². The number of imide groups is 2. The monoisotopic (exact) mass is 382 g/mol. The first-order valence-electron chi connectivity index (χ1n) is 8.46. The maximum Gasteiger partial charge on any atom is 0.335 e. The number of hydrogen-bond acceptors (Lipinski definition) is 6. The van der Waals surface area contributed by atoms with Gasteiger partial charge < -0.3 is 14.6 Å². The van der Waals surface area contributed by atoms with Crippen molar-refractivity contribution in [3.63, 3.8) is 0 Å². The molecule has 0 atom stereocenters. The Balaban J connectivity index is 1.95. The predicted molar refractivity (Wildman–Crippen MR) is 101 cm³/mol. The Morgan fingerprint density at radius 1 is 1.11 bits per heavy atom. The highest BCUT2D eigenvalue weighted by Gasteiger charge is 2.36. The molecule has 28 heavy (non-hydrogen) atoms. The van der Waals surface area contributed by atoms with Crippen LogP contribution in [0, 0.1) is 0 Å². The van der Waals surface area contributed by atoms with Crippen LogP contribution in [0.5, 0.6) is 17.2 Å². The van der Waals surface area contributed by atoms with E-state index < -0.39 is 17.8 Å². The lowest BCUT2D eigenvalue weighted by Crippen LogP contribution is -2.54. The minimum atomic E-state index is -0.834. The van der Waals surface area contributed by atoms with Crippen LogP contribution in [-0.2, 0) is 9.59 Å². The van der Waals surface area contributed by atoms with Gasteiger partial charge in [-0.3, -0.25) is 14.9 Å². The van der Waals surface area contributed by atoms with Gasteiger partial charge in [0.15, 0.2) is 11.5 Å². The van der Waals surface area contributed by atoms with Crippen LogP contribution in [0.2, 0.25) is 0 Å². The molecule has 1 aliphatic rings. The molecule has 0 aromatic heterocycles. The van der Waals surface area contributed by atoms with Gasteiger partial charge in [-0.25, -0.2) is 9.69 Å². The molecule has 8 nitrogen and oxygen atoms in total. The predicted octanol–water partition coefficient (Wildman–Crippen LogP) is 2.47.